The van der Waals surface area contributed by atoms with Gasteiger partial charge >= 0.3 is 0 Å². The number of likely N-dealkylation sites (N-methyl/N-ethyl adjacent to an activating group) is 2. The second kappa shape index (κ2) is 63.6. The van der Waals surface area contributed by atoms with Crippen LogP contribution in [0.15, 0.2) is 45.2 Å². The van der Waals surface area contributed by atoms with Crippen LogP contribution < -0.4 is 10.2 Å². The number of nitrogens with one attached hydrogen (secondary N) is 1. The molecule has 4 rings (SSSR count). The van der Waals surface area contributed by atoms with Crippen LogP contribution in [0.25, 0.3) is 22.2 Å². The number of anilines is 1. The van der Waals surface area contributed by atoms with Crippen LogP contribution in [0.2, 0.25) is 15.4 Å². The number of nitrogens with zero attached hydrogens (tertiary/aromatic N) is 3. The number of aromatic nitrogens is 2. The van der Waals surface area contributed by atoms with Crippen molar-refractivity contribution in [2.24, 2.45) is 0 Å². The van der Waals surface area contributed by atoms with Crippen LogP contribution in [0.5, 0.6) is 0 Å². The Labute approximate surface area is 678 Å². The second-order valence-corrected chi connectivity index (χ2v) is 265. The standard InChI is InChI=1S/C11H13ClN2O2.C7H3Cl2NO.C4H11NO.H62P60/c1-14(5-6-15-2)11-13-9-7-8(12)3-4-10(9)16-11;8-4-1-2-6-5(3-4)10-7(9)11-6;1-5-3-4-6-2;1-32(2)47(31)55(48(33(3)4)34(5)6)59(56(49(35(7)8)36(9)10)50(37(11)12)38(13)14)60(57(51(39(15)16)40(17)18)52(41(19)20)42(21)22)58(53(43(23)24)44(25)26)54(45(27)28)46(29)30/h3-4,7H,5-6H2,1-2H3;1-3H;5H,3-4H2,1-2H3;1-31H2. The molecule has 93 heavy (non-hydrogen) atoms. The van der Waals surface area contributed by atoms with Crippen molar-refractivity contribution in [2.45, 2.75) is 0 Å². The highest BCUT2D eigenvalue weighted by molar-refractivity contribution is 9.54. The summed E-state index contributed by atoms with van der Waals surface area (Å²) in [7, 11) is 117. The van der Waals surface area contributed by atoms with Gasteiger partial charge in [0.25, 0.3) is 11.4 Å². The minimum Gasteiger partial charge on any atom is -0.428 e. The molecule has 1 N–H and O–H groups in total. The molecule has 0 aliphatic heterocycles. The normalized spacial score (nSPS) is 14.0. The molecule has 2 heterocycles. The smallest absolute Gasteiger partial charge is 0.298 e. The van der Waals surface area contributed by atoms with Gasteiger partial charge in [-0.2, -0.15) is 9.97 Å². The van der Waals surface area contributed by atoms with E-state index in [1.54, 1.807) is 44.6 Å². The summed E-state index contributed by atoms with van der Waals surface area (Å²) in [5, 5.41) is 4.37. The minimum atomic E-state index is -0.272. The summed E-state index contributed by atoms with van der Waals surface area (Å²) in [6.45, 7) is -3.61. The average Bonchev–Trinajstić information content (AvgIpc) is 1.36. The van der Waals surface area contributed by atoms with Crippen molar-refractivity contribution < 1.29 is 18.3 Å². The van der Waals surface area contributed by atoms with Gasteiger partial charge in [0.1, 0.15) is 11.0 Å². The third-order valence-corrected chi connectivity index (χ3v) is 429. The average molecular weight is 2440 g/mol. The predicted octanol–water partition coefficient (Wildman–Crippen LogP) is 40.6. The Kier molecular flexibility index (Phi) is 78.5. The lowest BCUT2D eigenvalue weighted by molar-refractivity contribution is 0.201. The van der Waals surface area contributed by atoms with Gasteiger partial charge in [-0.1, -0.05) is 23.2 Å². The Morgan fingerprint density at radius 1 is 0.376 bits per heavy atom. The predicted molar refractivity (Wildman–Crippen MR) is 636 cm³/mol. The zero-order valence-electron chi connectivity index (χ0n) is 49.8. The van der Waals surface area contributed by atoms with E-state index in [-0.39, 0.29) is 208 Å². The van der Waals surface area contributed by atoms with Gasteiger partial charge in [0.15, 0.2) is 11.2 Å². The highest BCUT2D eigenvalue weighted by Gasteiger charge is 2.61. The van der Waals surface area contributed by atoms with E-state index in [0.29, 0.717) is 33.8 Å². The van der Waals surface area contributed by atoms with Crippen LogP contribution in [0, 0.1) is 0 Å². The van der Waals surface area contributed by atoms with Gasteiger partial charge in [-0.25, -0.2) is 0 Å². The van der Waals surface area contributed by atoms with Gasteiger partial charge < -0.3 is 28.5 Å². The number of hydrogen-bond donors (Lipinski definition) is 1. The number of rotatable bonds is 35. The summed E-state index contributed by atoms with van der Waals surface area (Å²) in [6, 6.07) is 11.1. The van der Waals surface area contributed by atoms with Crippen LogP contribution in [0.1, 0.15) is 0 Å². The molecule has 34 unspecified atom stereocenters. The van der Waals surface area contributed by atoms with Crippen molar-refractivity contribution in [3.05, 3.63) is 51.8 Å². The molecule has 4 aromatic rings. The number of methoxy groups -OCH3 is 2. The summed E-state index contributed by atoms with van der Waals surface area (Å²) in [4.78, 5) is 10.1. The molecule has 0 amide bonds. The first-order chi connectivity index (χ1) is 43.1. The van der Waals surface area contributed by atoms with E-state index in [1.165, 1.54) is 0 Å². The molecule has 8 nitrogen and oxygen atoms in total. The first-order valence-corrected chi connectivity index (χ1v) is 134. The largest absolute Gasteiger partial charge is 0.428 e. The fourth-order valence-corrected chi connectivity index (χ4v) is 861. The third-order valence-electron chi connectivity index (χ3n) is 9.41. The zero-order chi connectivity index (χ0) is 72.0. The number of ether oxygens (including phenoxy) is 2. The molecule has 34 atom stereocenters. The van der Waals surface area contributed by atoms with E-state index in [9.17, 15) is 0 Å². The van der Waals surface area contributed by atoms with Crippen molar-refractivity contribution in [1.29, 1.82) is 0 Å². The maximum atomic E-state index is 5.88. The van der Waals surface area contributed by atoms with Crippen LogP contribution in [-0.4, -0.2) is 64.6 Å². The Bertz CT molecular complexity index is 2480. The highest BCUT2D eigenvalue weighted by Crippen LogP contribution is 3.48. The van der Waals surface area contributed by atoms with E-state index in [0.717, 1.165) is 30.8 Å². The fourth-order valence-electron chi connectivity index (χ4n) is 5.98. The van der Waals surface area contributed by atoms with Crippen LogP contribution >= 0.6 is 514 Å². The van der Waals surface area contributed by atoms with Gasteiger partial charge in [0.05, 0.1) is 13.2 Å². The number of oxazole rings is 2. The molecule has 71 heteroatoms. The molecule has 0 aliphatic carbocycles. The minimum absolute atomic E-state index is 0.141. The molecule has 0 bridgehead atoms. The fraction of sp³-hybridized carbons (Fsp3) is 0.364. The van der Waals surface area contributed by atoms with Crippen molar-refractivity contribution in [2.75, 3.05) is 59.5 Å². The number of fused-ring (bicyclic) bond motifs is 2. The van der Waals surface area contributed by atoms with Gasteiger partial charge in [-0.15, -0.1) is 277 Å². The lowest BCUT2D eigenvalue weighted by Gasteiger charge is -2.60. The summed E-state index contributed by atoms with van der Waals surface area (Å²) in [5.74, 6) is 0. The molecule has 0 fully saturated rings. The molecule has 2 aromatic carbocycles. The van der Waals surface area contributed by atoms with Gasteiger partial charge in [-0.3, -0.25) is 0 Å². The molecule has 542 valence electrons. The molecule has 0 saturated heterocycles. The van der Waals surface area contributed by atoms with Crippen LogP contribution in [-0.2, 0) is 9.47 Å². The summed E-state index contributed by atoms with van der Waals surface area (Å²) >= 11 is 17.1. The SMILES string of the molecule is CNCCOC.COCCN(C)c1nc2cc(Cl)ccc2o1.Clc1ccc2oc(Cl)nc2c1.PP(P)P(P)P(P(P(P)P)P(P)P)P(P(P(P(P)P)P(P)P)P(P(P)P)P(P)P)P(P(P(P(P)P)P(P)P)P(P(P)P)P(P)P)P(P(P(P)P)P(P)P)P(P(P)P)P(P)P. The lowest BCUT2D eigenvalue weighted by Crippen LogP contribution is -2.22. The molecule has 0 saturated carbocycles. The second-order valence-electron chi connectivity index (χ2n) is 16.2. The third kappa shape index (κ3) is 42.0. The molecule has 0 radical (unpaired) electrons. The van der Waals surface area contributed by atoms with Crippen LogP contribution in [0.4, 0.5) is 6.01 Å². The van der Waals surface area contributed by atoms with Crippen molar-refractivity contribution >= 4 is 542 Å². The van der Waals surface area contributed by atoms with E-state index >= 15 is 0 Å². The molecule has 2 aromatic heterocycles. The van der Waals surface area contributed by atoms with Gasteiger partial charge in [0, 0.05) is 44.4 Å². The number of halogens is 3. The topological polar surface area (TPSA) is 85.8 Å². The quantitative estimate of drug-likeness (QED) is 0.0360. The first-order valence-electron chi connectivity index (χ1n) is 23.6. The molecule has 0 aliphatic rings. The number of hydrogen-bond acceptors (Lipinski definition) is 8. The molecule has 0 spiro atoms. The zero-order valence-corrected chi connectivity index (χ0v) is 114. The van der Waals surface area contributed by atoms with Crippen LogP contribution in [0.3, 0.4) is 0 Å². The molecular weight excluding hydrogens is 2350 g/mol. The monoisotopic (exact) mass is 2440 g/mol. The first kappa shape index (κ1) is 115. The maximum Gasteiger partial charge on any atom is 0.298 e. The van der Waals surface area contributed by atoms with Gasteiger partial charge in [-0.05, 0) is 258 Å². The lowest BCUT2D eigenvalue weighted by atomic mass is 10.3. The highest BCUT2D eigenvalue weighted by atomic mass is 35.5. The Morgan fingerprint density at radius 3 is 0.914 bits per heavy atom. The maximum absolute atomic E-state index is 5.88. The Hall–Kier alpha value is 23.7. The Morgan fingerprint density at radius 2 is 0.645 bits per heavy atom. The van der Waals surface area contributed by atoms with E-state index in [2.05, 4.69) is 292 Å². The van der Waals surface area contributed by atoms with E-state index in [4.69, 9.17) is 53.1 Å². The van der Waals surface area contributed by atoms with Crippen molar-refractivity contribution in [3.63, 3.8) is 0 Å². The summed E-state index contributed by atoms with van der Waals surface area (Å²) in [5.41, 5.74) is 2.84. The number of benzene rings is 2. The van der Waals surface area contributed by atoms with E-state index < -0.39 is 0 Å². The van der Waals surface area contributed by atoms with E-state index in [1.807, 2.05) is 25.1 Å². The van der Waals surface area contributed by atoms with Crippen molar-refractivity contribution in [1.82, 2.24) is 15.3 Å². The van der Waals surface area contributed by atoms with Gasteiger partial charge in [0.2, 0.25) is 0 Å². The summed E-state index contributed by atoms with van der Waals surface area (Å²) in [6.07, 6.45) is 0. The summed E-state index contributed by atoms with van der Waals surface area (Å²) < 4.78 is 20.3. The van der Waals surface area contributed by atoms with Crippen molar-refractivity contribution in [3.8, 4) is 0 Å². The molecular formula is C22H89Cl3N4O4P60. The Balaban J connectivity index is 0.00000103.